The molecule has 96 valence electrons. The smallest absolute Gasteiger partial charge is 0.226 e. The number of aryl methyl sites for hydroxylation is 2. The van der Waals surface area contributed by atoms with Gasteiger partial charge in [0.05, 0.1) is 5.54 Å². The van der Waals surface area contributed by atoms with Gasteiger partial charge in [0, 0.05) is 6.42 Å². The second kappa shape index (κ2) is 5.31. The van der Waals surface area contributed by atoms with E-state index in [2.05, 4.69) is 34.4 Å². The van der Waals surface area contributed by atoms with Crippen molar-refractivity contribution in [3.8, 4) is 0 Å². The maximum Gasteiger partial charge on any atom is 0.226 e. The lowest BCUT2D eigenvalue weighted by molar-refractivity contribution is 0.358. The molecule has 0 atom stereocenters. The van der Waals surface area contributed by atoms with Gasteiger partial charge in [-0.2, -0.15) is 4.98 Å². The second-order valence-electron chi connectivity index (χ2n) is 5.07. The monoisotopic (exact) mass is 245 g/mol. The van der Waals surface area contributed by atoms with Crippen LogP contribution in [0.1, 0.15) is 37.5 Å². The van der Waals surface area contributed by atoms with E-state index >= 15 is 0 Å². The number of hydrogen-bond donors (Lipinski definition) is 1. The highest BCUT2D eigenvalue weighted by atomic mass is 16.5. The zero-order valence-corrected chi connectivity index (χ0v) is 10.9. The number of aromatic nitrogens is 2. The summed E-state index contributed by atoms with van der Waals surface area (Å²) in [6, 6.07) is 10.4. The Morgan fingerprint density at radius 2 is 1.89 bits per heavy atom. The molecule has 4 nitrogen and oxygen atoms in total. The Balaban J connectivity index is 1.86. The van der Waals surface area contributed by atoms with Gasteiger partial charge in [-0.1, -0.05) is 35.5 Å². The summed E-state index contributed by atoms with van der Waals surface area (Å²) in [7, 11) is 0. The Kier molecular flexibility index (Phi) is 3.77. The van der Waals surface area contributed by atoms with Gasteiger partial charge in [-0.05, 0) is 32.3 Å². The number of nitrogens with two attached hydrogens (primary N) is 1. The van der Waals surface area contributed by atoms with Crippen molar-refractivity contribution in [1.29, 1.82) is 0 Å². The molecular weight excluding hydrogens is 226 g/mol. The Bertz CT molecular complexity index is 485. The summed E-state index contributed by atoms with van der Waals surface area (Å²) >= 11 is 0. The molecule has 2 N–H and O–H groups in total. The molecule has 1 aromatic heterocycles. The van der Waals surface area contributed by atoms with Crippen molar-refractivity contribution in [3.05, 3.63) is 47.6 Å². The van der Waals surface area contributed by atoms with Crippen LogP contribution in [-0.4, -0.2) is 10.1 Å². The van der Waals surface area contributed by atoms with Crippen molar-refractivity contribution >= 4 is 0 Å². The van der Waals surface area contributed by atoms with Crippen LogP contribution in [0.25, 0.3) is 0 Å². The van der Waals surface area contributed by atoms with Crippen molar-refractivity contribution in [2.45, 2.75) is 38.6 Å². The van der Waals surface area contributed by atoms with E-state index in [1.807, 2.05) is 19.9 Å². The summed E-state index contributed by atoms with van der Waals surface area (Å²) in [4.78, 5) is 4.31. The van der Waals surface area contributed by atoms with Gasteiger partial charge in [0.25, 0.3) is 0 Å². The van der Waals surface area contributed by atoms with Crippen molar-refractivity contribution in [2.24, 2.45) is 5.73 Å². The van der Waals surface area contributed by atoms with E-state index in [0.29, 0.717) is 11.7 Å². The zero-order valence-electron chi connectivity index (χ0n) is 10.9. The quantitative estimate of drug-likeness (QED) is 0.878. The molecule has 0 spiro atoms. The lowest BCUT2D eigenvalue weighted by atomic mass is 10.1. The zero-order chi connectivity index (χ0) is 13.0. The maximum absolute atomic E-state index is 5.90. The predicted molar refractivity (Wildman–Crippen MR) is 70.0 cm³/mol. The van der Waals surface area contributed by atoms with Gasteiger partial charge in [-0.3, -0.25) is 0 Å². The standard InChI is InChI=1S/C14H19N3O/c1-14(2,15)13-16-12(18-17-13)10-6-9-11-7-4-3-5-8-11/h3-5,7-8H,6,9-10,15H2,1-2H3. The Hall–Kier alpha value is -1.68. The van der Waals surface area contributed by atoms with Crippen LogP contribution in [0.15, 0.2) is 34.9 Å². The minimum Gasteiger partial charge on any atom is -0.339 e. The fourth-order valence-electron chi connectivity index (χ4n) is 1.71. The minimum atomic E-state index is -0.540. The number of nitrogens with zero attached hydrogens (tertiary/aromatic N) is 2. The number of benzene rings is 1. The summed E-state index contributed by atoms with van der Waals surface area (Å²) in [5, 5.41) is 3.90. The van der Waals surface area contributed by atoms with Crippen LogP contribution in [0, 0.1) is 0 Å². The molecule has 0 aliphatic rings. The first-order valence-electron chi connectivity index (χ1n) is 6.21. The molecule has 0 saturated carbocycles. The molecule has 0 unspecified atom stereocenters. The lowest BCUT2D eigenvalue weighted by Crippen LogP contribution is -2.30. The van der Waals surface area contributed by atoms with Gasteiger partial charge in [-0.25, -0.2) is 0 Å². The van der Waals surface area contributed by atoms with Crippen LogP contribution in [0.2, 0.25) is 0 Å². The van der Waals surface area contributed by atoms with E-state index in [1.54, 1.807) is 0 Å². The van der Waals surface area contributed by atoms with E-state index in [1.165, 1.54) is 5.56 Å². The third-order valence-corrected chi connectivity index (χ3v) is 2.74. The molecule has 0 saturated heterocycles. The van der Waals surface area contributed by atoms with Gasteiger partial charge >= 0.3 is 0 Å². The van der Waals surface area contributed by atoms with Crippen LogP contribution in [-0.2, 0) is 18.4 Å². The van der Waals surface area contributed by atoms with Gasteiger partial charge in [0.15, 0.2) is 5.82 Å². The molecular formula is C14H19N3O. The summed E-state index contributed by atoms with van der Waals surface area (Å²) in [6.07, 6.45) is 2.80. The third kappa shape index (κ3) is 3.40. The van der Waals surface area contributed by atoms with Gasteiger partial charge in [0.1, 0.15) is 0 Å². The highest BCUT2D eigenvalue weighted by molar-refractivity contribution is 5.14. The molecule has 0 aliphatic carbocycles. The van der Waals surface area contributed by atoms with Crippen LogP contribution in [0.3, 0.4) is 0 Å². The van der Waals surface area contributed by atoms with Crippen LogP contribution < -0.4 is 5.73 Å². The minimum absolute atomic E-state index is 0.540. The van der Waals surface area contributed by atoms with E-state index in [4.69, 9.17) is 10.3 Å². The Labute approximate surface area is 107 Å². The lowest BCUT2D eigenvalue weighted by Gasteiger charge is -2.11. The van der Waals surface area contributed by atoms with Crippen LogP contribution in [0.4, 0.5) is 0 Å². The normalized spacial score (nSPS) is 11.7. The maximum atomic E-state index is 5.90. The predicted octanol–water partition coefficient (Wildman–Crippen LogP) is 2.44. The largest absolute Gasteiger partial charge is 0.339 e. The third-order valence-electron chi connectivity index (χ3n) is 2.74. The van der Waals surface area contributed by atoms with Crippen molar-refractivity contribution in [2.75, 3.05) is 0 Å². The summed E-state index contributed by atoms with van der Waals surface area (Å²) in [6.45, 7) is 3.73. The van der Waals surface area contributed by atoms with E-state index < -0.39 is 5.54 Å². The molecule has 0 aliphatic heterocycles. The molecule has 1 aromatic carbocycles. The molecule has 18 heavy (non-hydrogen) atoms. The molecule has 4 heteroatoms. The summed E-state index contributed by atoms with van der Waals surface area (Å²) < 4.78 is 5.19. The first-order valence-corrected chi connectivity index (χ1v) is 6.21. The van der Waals surface area contributed by atoms with Crippen molar-refractivity contribution < 1.29 is 4.52 Å². The molecule has 1 heterocycles. The topological polar surface area (TPSA) is 64.9 Å². The molecule has 0 amide bonds. The van der Waals surface area contributed by atoms with Gasteiger partial charge in [-0.15, -0.1) is 0 Å². The van der Waals surface area contributed by atoms with Crippen LogP contribution in [0.5, 0.6) is 0 Å². The highest BCUT2D eigenvalue weighted by Gasteiger charge is 2.21. The molecule has 0 fully saturated rings. The molecule has 0 radical (unpaired) electrons. The van der Waals surface area contributed by atoms with E-state index in [9.17, 15) is 0 Å². The fraction of sp³-hybridized carbons (Fsp3) is 0.429. The Morgan fingerprint density at radius 3 is 2.50 bits per heavy atom. The van der Waals surface area contributed by atoms with Crippen molar-refractivity contribution in [3.63, 3.8) is 0 Å². The van der Waals surface area contributed by atoms with Crippen LogP contribution >= 0.6 is 0 Å². The molecule has 2 aromatic rings. The average Bonchev–Trinajstić information content (AvgIpc) is 2.79. The van der Waals surface area contributed by atoms with Gasteiger partial charge < -0.3 is 10.3 Å². The SMILES string of the molecule is CC(C)(N)c1noc(CCCc2ccccc2)n1. The molecule has 2 rings (SSSR count). The van der Waals surface area contributed by atoms with Gasteiger partial charge in [0.2, 0.25) is 5.89 Å². The Morgan fingerprint density at radius 1 is 1.17 bits per heavy atom. The number of hydrogen-bond acceptors (Lipinski definition) is 4. The van der Waals surface area contributed by atoms with Crippen molar-refractivity contribution in [1.82, 2.24) is 10.1 Å². The van der Waals surface area contributed by atoms with E-state index in [-0.39, 0.29) is 0 Å². The van der Waals surface area contributed by atoms with E-state index in [0.717, 1.165) is 19.3 Å². The first kappa shape index (κ1) is 12.8. The summed E-state index contributed by atoms with van der Waals surface area (Å²) in [5.41, 5.74) is 6.69. The average molecular weight is 245 g/mol. The highest BCUT2D eigenvalue weighted by Crippen LogP contribution is 2.14. The summed E-state index contributed by atoms with van der Waals surface area (Å²) in [5.74, 6) is 1.23. The molecule has 0 bridgehead atoms. The second-order valence-corrected chi connectivity index (χ2v) is 5.07. The number of rotatable bonds is 5. The fourth-order valence-corrected chi connectivity index (χ4v) is 1.71. The first-order chi connectivity index (χ1) is 8.55.